The molecule has 1 rings (SSSR count). The van der Waals surface area contributed by atoms with E-state index in [9.17, 15) is 18.4 Å². The van der Waals surface area contributed by atoms with Gasteiger partial charge < -0.3 is 15.3 Å². The van der Waals surface area contributed by atoms with Crippen LogP contribution in [0.4, 0.5) is 19.3 Å². The standard InChI is InChI=1S/C14H16F2N2O3/c1-4-5-18(8(2)3)14(21)17-12-6-9(13(19)20)10(15)7-11(12)16/h4,6-8H,1,5H2,2-3H3,(H,17,21)(H,19,20). The van der Waals surface area contributed by atoms with E-state index in [0.29, 0.717) is 6.07 Å². The number of benzene rings is 1. The molecule has 0 saturated heterocycles. The predicted molar refractivity (Wildman–Crippen MR) is 74.4 cm³/mol. The molecule has 0 aliphatic rings. The molecule has 114 valence electrons. The number of carboxylic acids is 1. The molecule has 0 saturated carbocycles. The summed E-state index contributed by atoms with van der Waals surface area (Å²) in [6.07, 6.45) is 1.50. The lowest BCUT2D eigenvalue weighted by atomic mass is 10.2. The molecule has 0 aliphatic heterocycles. The predicted octanol–water partition coefficient (Wildman–Crippen LogP) is 3.09. The summed E-state index contributed by atoms with van der Waals surface area (Å²) in [4.78, 5) is 24.2. The number of urea groups is 1. The Kier molecular flexibility index (Phi) is 5.40. The van der Waals surface area contributed by atoms with Crippen LogP contribution in [0.2, 0.25) is 0 Å². The molecule has 2 amide bonds. The second kappa shape index (κ2) is 6.83. The van der Waals surface area contributed by atoms with Crippen LogP contribution in [-0.2, 0) is 0 Å². The van der Waals surface area contributed by atoms with E-state index < -0.39 is 34.9 Å². The topological polar surface area (TPSA) is 69.6 Å². The highest BCUT2D eigenvalue weighted by Gasteiger charge is 2.20. The van der Waals surface area contributed by atoms with E-state index >= 15 is 0 Å². The summed E-state index contributed by atoms with van der Waals surface area (Å²) in [5, 5.41) is 11.0. The zero-order valence-electron chi connectivity index (χ0n) is 11.7. The van der Waals surface area contributed by atoms with Crippen molar-refractivity contribution in [3.05, 3.63) is 42.0 Å². The van der Waals surface area contributed by atoms with Gasteiger partial charge in [-0.1, -0.05) is 6.08 Å². The quantitative estimate of drug-likeness (QED) is 0.821. The Morgan fingerprint density at radius 1 is 1.38 bits per heavy atom. The van der Waals surface area contributed by atoms with Crippen molar-refractivity contribution in [2.75, 3.05) is 11.9 Å². The van der Waals surface area contributed by atoms with Crippen molar-refractivity contribution in [2.24, 2.45) is 0 Å². The van der Waals surface area contributed by atoms with Gasteiger partial charge in [-0.15, -0.1) is 6.58 Å². The van der Waals surface area contributed by atoms with Gasteiger partial charge in [0.05, 0.1) is 11.3 Å². The van der Waals surface area contributed by atoms with Gasteiger partial charge in [-0.05, 0) is 19.9 Å². The number of carbonyl (C=O) groups is 2. The van der Waals surface area contributed by atoms with E-state index in [1.807, 2.05) is 0 Å². The van der Waals surface area contributed by atoms with Gasteiger partial charge in [0.25, 0.3) is 0 Å². The highest BCUT2D eigenvalue weighted by Crippen LogP contribution is 2.20. The number of anilines is 1. The van der Waals surface area contributed by atoms with Crippen molar-refractivity contribution in [2.45, 2.75) is 19.9 Å². The molecule has 0 spiro atoms. The van der Waals surface area contributed by atoms with Gasteiger partial charge >= 0.3 is 12.0 Å². The molecule has 2 N–H and O–H groups in total. The normalized spacial score (nSPS) is 10.3. The Hall–Kier alpha value is -2.44. The fourth-order valence-electron chi connectivity index (χ4n) is 1.66. The molecule has 0 unspecified atom stereocenters. The summed E-state index contributed by atoms with van der Waals surface area (Å²) in [7, 11) is 0. The molecule has 0 atom stereocenters. The number of rotatable bonds is 5. The third-order valence-electron chi connectivity index (χ3n) is 2.74. The van der Waals surface area contributed by atoms with Crippen molar-refractivity contribution < 1.29 is 23.5 Å². The first-order valence-electron chi connectivity index (χ1n) is 6.18. The number of aromatic carboxylic acids is 1. The van der Waals surface area contributed by atoms with E-state index in [1.165, 1.54) is 11.0 Å². The Bertz CT molecular complexity index is 574. The van der Waals surface area contributed by atoms with Gasteiger partial charge in [-0.2, -0.15) is 0 Å². The molecule has 21 heavy (non-hydrogen) atoms. The summed E-state index contributed by atoms with van der Waals surface area (Å²) >= 11 is 0. The number of hydrogen-bond acceptors (Lipinski definition) is 2. The fourth-order valence-corrected chi connectivity index (χ4v) is 1.66. The lowest BCUT2D eigenvalue weighted by Crippen LogP contribution is -2.40. The number of carboxylic acid groups (broad SMARTS) is 1. The minimum Gasteiger partial charge on any atom is -0.478 e. The van der Waals surface area contributed by atoms with Crippen LogP contribution in [0, 0.1) is 11.6 Å². The van der Waals surface area contributed by atoms with Crippen molar-refractivity contribution in [1.82, 2.24) is 4.90 Å². The lowest BCUT2D eigenvalue weighted by molar-refractivity contribution is 0.0691. The van der Waals surface area contributed by atoms with Crippen LogP contribution < -0.4 is 5.32 Å². The number of carbonyl (C=O) groups excluding carboxylic acids is 1. The molecule has 5 nitrogen and oxygen atoms in total. The highest BCUT2D eigenvalue weighted by molar-refractivity contribution is 5.93. The van der Waals surface area contributed by atoms with Gasteiger partial charge in [-0.3, -0.25) is 0 Å². The van der Waals surface area contributed by atoms with Crippen LogP contribution in [0.3, 0.4) is 0 Å². The Balaban J connectivity index is 3.06. The van der Waals surface area contributed by atoms with Crippen molar-refractivity contribution in [3.8, 4) is 0 Å². The maximum absolute atomic E-state index is 13.6. The molecule has 0 bridgehead atoms. The number of nitrogens with zero attached hydrogens (tertiary/aromatic N) is 1. The van der Waals surface area contributed by atoms with Crippen molar-refractivity contribution >= 4 is 17.7 Å². The third-order valence-corrected chi connectivity index (χ3v) is 2.74. The second-order valence-electron chi connectivity index (χ2n) is 4.58. The number of amides is 2. The number of nitrogens with one attached hydrogen (secondary N) is 1. The van der Waals surface area contributed by atoms with Crippen LogP contribution in [-0.4, -0.2) is 34.6 Å². The Morgan fingerprint density at radius 3 is 2.48 bits per heavy atom. The number of hydrogen-bond donors (Lipinski definition) is 2. The molecular weight excluding hydrogens is 282 g/mol. The smallest absolute Gasteiger partial charge is 0.338 e. The van der Waals surface area contributed by atoms with E-state index in [4.69, 9.17) is 5.11 Å². The van der Waals surface area contributed by atoms with Crippen LogP contribution in [0.25, 0.3) is 0 Å². The van der Waals surface area contributed by atoms with E-state index in [0.717, 1.165) is 6.07 Å². The zero-order valence-corrected chi connectivity index (χ0v) is 11.7. The zero-order chi connectivity index (χ0) is 16.2. The Morgan fingerprint density at radius 2 is 2.00 bits per heavy atom. The molecule has 0 fully saturated rings. The fraction of sp³-hybridized carbons (Fsp3) is 0.286. The van der Waals surface area contributed by atoms with Crippen LogP contribution in [0.15, 0.2) is 24.8 Å². The lowest BCUT2D eigenvalue weighted by Gasteiger charge is -2.25. The molecule has 0 aromatic heterocycles. The van der Waals surface area contributed by atoms with Crippen LogP contribution in [0.5, 0.6) is 0 Å². The largest absolute Gasteiger partial charge is 0.478 e. The molecular formula is C14H16F2N2O3. The van der Waals surface area contributed by atoms with Gasteiger partial charge in [0.2, 0.25) is 0 Å². The number of halogens is 2. The first-order chi connectivity index (χ1) is 9.77. The van der Waals surface area contributed by atoms with Crippen LogP contribution >= 0.6 is 0 Å². The minimum absolute atomic E-state index is 0.176. The molecule has 1 aromatic carbocycles. The van der Waals surface area contributed by atoms with E-state index in [1.54, 1.807) is 13.8 Å². The van der Waals surface area contributed by atoms with Gasteiger partial charge in [0, 0.05) is 18.7 Å². The van der Waals surface area contributed by atoms with Crippen LogP contribution in [0.1, 0.15) is 24.2 Å². The summed E-state index contributed by atoms with van der Waals surface area (Å²) in [6, 6.07) is 0.362. The Labute approximate surface area is 120 Å². The summed E-state index contributed by atoms with van der Waals surface area (Å²) in [5.74, 6) is -3.80. The monoisotopic (exact) mass is 298 g/mol. The van der Waals surface area contributed by atoms with E-state index in [-0.39, 0.29) is 12.6 Å². The maximum Gasteiger partial charge on any atom is 0.338 e. The van der Waals surface area contributed by atoms with Gasteiger partial charge in [0.15, 0.2) is 0 Å². The maximum atomic E-state index is 13.6. The van der Waals surface area contributed by atoms with Gasteiger partial charge in [0.1, 0.15) is 11.6 Å². The van der Waals surface area contributed by atoms with Crippen molar-refractivity contribution in [3.63, 3.8) is 0 Å². The summed E-state index contributed by atoms with van der Waals surface area (Å²) in [6.45, 7) is 7.26. The molecule has 0 heterocycles. The van der Waals surface area contributed by atoms with E-state index in [2.05, 4.69) is 11.9 Å². The second-order valence-corrected chi connectivity index (χ2v) is 4.58. The highest BCUT2D eigenvalue weighted by atomic mass is 19.1. The molecule has 7 heteroatoms. The first-order valence-corrected chi connectivity index (χ1v) is 6.18. The van der Waals surface area contributed by atoms with Crippen molar-refractivity contribution in [1.29, 1.82) is 0 Å². The first kappa shape index (κ1) is 16.6. The molecule has 0 aliphatic carbocycles. The molecule has 1 aromatic rings. The summed E-state index contributed by atoms with van der Waals surface area (Å²) in [5.41, 5.74) is -1.11. The minimum atomic E-state index is -1.55. The molecule has 0 radical (unpaired) electrons. The average Bonchev–Trinajstić information content (AvgIpc) is 2.38. The summed E-state index contributed by atoms with van der Waals surface area (Å²) < 4.78 is 26.9. The third kappa shape index (κ3) is 4.01. The SMILES string of the molecule is C=CCN(C(=O)Nc1cc(C(=O)O)c(F)cc1F)C(C)C. The average molecular weight is 298 g/mol. The van der Waals surface area contributed by atoms with Gasteiger partial charge in [-0.25, -0.2) is 18.4 Å².